The number of rotatable bonds is 3. The molecular formula is C23H17N3. The summed E-state index contributed by atoms with van der Waals surface area (Å²) in [4.78, 5) is 4.35. The second-order valence-corrected chi connectivity index (χ2v) is 6.29. The van der Waals surface area contributed by atoms with Crippen molar-refractivity contribution in [1.29, 1.82) is 0 Å². The molecule has 0 unspecified atom stereocenters. The highest BCUT2D eigenvalue weighted by Gasteiger charge is 2.12. The predicted molar refractivity (Wildman–Crippen MR) is 108 cm³/mol. The second kappa shape index (κ2) is 6.05. The van der Waals surface area contributed by atoms with Gasteiger partial charge >= 0.3 is 0 Å². The molecule has 1 N–H and O–H groups in total. The number of hydrogen-bond acceptors (Lipinski definition) is 2. The van der Waals surface area contributed by atoms with Crippen LogP contribution in [0.5, 0.6) is 0 Å². The molecule has 2 aromatic heterocycles. The van der Waals surface area contributed by atoms with Gasteiger partial charge in [-0.2, -0.15) is 0 Å². The Bertz CT molecular complexity index is 1190. The Kier molecular flexibility index (Phi) is 3.42. The first-order chi connectivity index (χ1) is 12.9. The van der Waals surface area contributed by atoms with Gasteiger partial charge in [-0.25, -0.2) is 0 Å². The Balaban J connectivity index is 1.73. The molecule has 0 atom stereocenters. The first kappa shape index (κ1) is 14.7. The first-order valence-corrected chi connectivity index (χ1v) is 8.66. The summed E-state index contributed by atoms with van der Waals surface area (Å²) in [5.74, 6) is 0. The molecule has 3 heteroatoms. The molecule has 0 bridgehead atoms. The minimum absolute atomic E-state index is 1.07. The topological polar surface area (TPSA) is 29.9 Å². The molecule has 0 aliphatic rings. The van der Waals surface area contributed by atoms with Crippen LogP contribution in [-0.4, -0.2) is 9.55 Å². The number of nitrogens with zero attached hydrogens (tertiary/aromatic N) is 2. The summed E-state index contributed by atoms with van der Waals surface area (Å²) in [7, 11) is 0. The molecule has 3 nitrogen and oxygen atoms in total. The number of aromatic nitrogens is 2. The average Bonchev–Trinajstić information content (AvgIpc) is 3.03. The van der Waals surface area contributed by atoms with Crippen LogP contribution in [0.3, 0.4) is 0 Å². The molecule has 26 heavy (non-hydrogen) atoms. The van der Waals surface area contributed by atoms with Crippen molar-refractivity contribution in [2.75, 3.05) is 5.32 Å². The zero-order valence-corrected chi connectivity index (χ0v) is 14.1. The van der Waals surface area contributed by atoms with Gasteiger partial charge < -0.3 is 9.88 Å². The molecule has 0 saturated heterocycles. The van der Waals surface area contributed by atoms with Gasteiger partial charge in [-0.1, -0.05) is 36.4 Å². The van der Waals surface area contributed by atoms with E-state index in [4.69, 9.17) is 0 Å². The van der Waals surface area contributed by atoms with E-state index in [1.807, 2.05) is 36.7 Å². The molecule has 3 aromatic carbocycles. The van der Waals surface area contributed by atoms with Crippen LogP contribution in [0.15, 0.2) is 97.3 Å². The Morgan fingerprint density at radius 1 is 0.654 bits per heavy atom. The molecule has 2 heterocycles. The van der Waals surface area contributed by atoms with Crippen molar-refractivity contribution >= 4 is 33.2 Å². The van der Waals surface area contributed by atoms with E-state index in [1.165, 1.54) is 10.9 Å². The minimum atomic E-state index is 1.07. The number of hydrogen-bond donors (Lipinski definition) is 1. The molecule has 5 aromatic rings. The fraction of sp³-hybridized carbons (Fsp3) is 0. The molecular weight excluding hydrogens is 318 g/mol. The largest absolute Gasteiger partial charge is 0.356 e. The average molecular weight is 335 g/mol. The van der Waals surface area contributed by atoms with E-state index in [-0.39, 0.29) is 0 Å². The van der Waals surface area contributed by atoms with E-state index in [0.29, 0.717) is 0 Å². The van der Waals surface area contributed by atoms with Gasteiger partial charge in [0.15, 0.2) is 0 Å². The molecule has 5 rings (SSSR count). The summed E-state index contributed by atoms with van der Waals surface area (Å²) in [6, 6.07) is 29.3. The third-order valence-electron chi connectivity index (χ3n) is 4.64. The van der Waals surface area contributed by atoms with Gasteiger partial charge in [0.25, 0.3) is 0 Å². The Morgan fingerprint density at radius 3 is 2.19 bits per heavy atom. The Morgan fingerprint density at radius 2 is 1.38 bits per heavy atom. The number of nitrogens with one attached hydrogen (secondary N) is 1. The Hall–Kier alpha value is -3.59. The number of para-hydroxylation sites is 2. The molecule has 0 radical (unpaired) electrons. The van der Waals surface area contributed by atoms with Gasteiger partial charge in [0.2, 0.25) is 0 Å². The number of pyridine rings is 1. The molecule has 0 saturated carbocycles. The first-order valence-electron chi connectivity index (χ1n) is 8.66. The van der Waals surface area contributed by atoms with E-state index in [1.54, 1.807) is 0 Å². The van der Waals surface area contributed by atoms with E-state index in [9.17, 15) is 0 Å². The summed E-state index contributed by atoms with van der Waals surface area (Å²) in [6.45, 7) is 0. The maximum absolute atomic E-state index is 4.35. The highest BCUT2D eigenvalue weighted by atomic mass is 15.0. The zero-order valence-electron chi connectivity index (χ0n) is 14.1. The molecule has 124 valence electrons. The van der Waals surface area contributed by atoms with Crippen LogP contribution in [-0.2, 0) is 0 Å². The van der Waals surface area contributed by atoms with Gasteiger partial charge in [0, 0.05) is 40.2 Å². The van der Waals surface area contributed by atoms with Crippen molar-refractivity contribution < 1.29 is 0 Å². The van der Waals surface area contributed by atoms with Crippen LogP contribution in [0.1, 0.15) is 0 Å². The van der Waals surface area contributed by atoms with Crippen molar-refractivity contribution in [3.05, 3.63) is 97.3 Å². The minimum Gasteiger partial charge on any atom is -0.356 e. The lowest BCUT2D eigenvalue weighted by Crippen LogP contribution is -1.93. The monoisotopic (exact) mass is 335 g/mol. The van der Waals surface area contributed by atoms with Crippen molar-refractivity contribution in [2.45, 2.75) is 0 Å². The zero-order chi connectivity index (χ0) is 17.3. The SMILES string of the molecule is c1ccc(Nc2ccc3c(c2)c2cnccc2n3-c2ccccc2)cc1. The van der Waals surface area contributed by atoms with E-state index >= 15 is 0 Å². The lowest BCUT2D eigenvalue weighted by molar-refractivity contribution is 1.17. The fourth-order valence-corrected chi connectivity index (χ4v) is 3.49. The van der Waals surface area contributed by atoms with Gasteiger partial charge in [-0.15, -0.1) is 0 Å². The predicted octanol–water partition coefficient (Wildman–Crippen LogP) is 5.92. The lowest BCUT2D eigenvalue weighted by atomic mass is 10.1. The van der Waals surface area contributed by atoms with Crippen molar-refractivity contribution in [3.63, 3.8) is 0 Å². The summed E-state index contributed by atoms with van der Waals surface area (Å²) in [6.07, 6.45) is 3.80. The highest BCUT2D eigenvalue weighted by Crippen LogP contribution is 2.33. The third-order valence-corrected chi connectivity index (χ3v) is 4.64. The van der Waals surface area contributed by atoms with Crippen molar-refractivity contribution in [2.24, 2.45) is 0 Å². The van der Waals surface area contributed by atoms with Crippen LogP contribution < -0.4 is 5.32 Å². The molecule has 0 fully saturated rings. The van der Waals surface area contributed by atoms with Crippen molar-refractivity contribution in [3.8, 4) is 5.69 Å². The standard InChI is InChI=1S/C23H17N3/c1-3-7-17(8-4-1)25-18-11-12-22-20(15-18)21-16-24-14-13-23(21)26(22)19-9-5-2-6-10-19/h1-16,25H. The molecule has 0 spiro atoms. The summed E-state index contributed by atoms with van der Waals surface area (Å²) in [5, 5.41) is 5.83. The summed E-state index contributed by atoms with van der Waals surface area (Å²) < 4.78 is 2.29. The highest BCUT2D eigenvalue weighted by molar-refractivity contribution is 6.10. The normalized spacial score (nSPS) is 11.1. The van der Waals surface area contributed by atoms with E-state index < -0.39 is 0 Å². The van der Waals surface area contributed by atoms with E-state index in [0.717, 1.165) is 28.0 Å². The van der Waals surface area contributed by atoms with Crippen LogP contribution >= 0.6 is 0 Å². The smallest absolute Gasteiger partial charge is 0.0571 e. The van der Waals surface area contributed by atoms with Gasteiger partial charge in [-0.3, -0.25) is 4.98 Å². The molecule has 0 amide bonds. The lowest BCUT2D eigenvalue weighted by Gasteiger charge is -2.09. The van der Waals surface area contributed by atoms with Gasteiger partial charge in [0.05, 0.1) is 11.0 Å². The van der Waals surface area contributed by atoms with Crippen LogP contribution in [0.2, 0.25) is 0 Å². The quantitative estimate of drug-likeness (QED) is 0.443. The molecule has 0 aliphatic heterocycles. The summed E-state index contributed by atoms with van der Waals surface area (Å²) in [5.41, 5.74) is 5.65. The van der Waals surface area contributed by atoms with Crippen LogP contribution in [0.4, 0.5) is 11.4 Å². The number of anilines is 2. The van der Waals surface area contributed by atoms with Gasteiger partial charge in [-0.05, 0) is 48.5 Å². The van der Waals surface area contributed by atoms with Crippen LogP contribution in [0.25, 0.3) is 27.5 Å². The Labute approximate surface area is 151 Å². The van der Waals surface area contributed by atoms with E-state index in [2.05, 4.69) is 75.5 Å². The fourth-order valence-electron chi connectivity index (χ4n) is 3.49. The maximum Gasteiger partial charge on any atom is 0.0571 e. The van der Waals surface area contributed by atoms with Crippen LogP contribution in [0, 0.1) is 0 Å². The second-order valence-electron chi connectivity index (χ2n) is 6.29. The number of benzene rings is 3. The number of fused-ring (bicyclic) bond motifs is 3. The molecule has 0 aliphatic carbocycles. The van der Waals surface area contributed by atoms with Gasteiger partial charge in [0.1, 0.15) is 0 Å². The van der Waals surface area contributed by atoms with Crippen molar-refractivity contribution in [1.82, 2.24) is 9.55 Å². The third kappa shape index (κ3) is 2.42. The summed E-state index contributed by atoms with van der Waals surface area (Å²) >= 11 is 0. The maximum atomic E-state index is 4.35.